The summed E-state index contributed by atoms with van der Waals surface area (Å²) in [6.45, 7) is 9.80. The van der Waals surface area contributed by atoms with Crippen molar-refractivity contribution in [3.8, 4) is 0 Å². The van der Waals surface area contributed by atoms with E-state index in [9.17, 15) is 0 Å². The van der Waals surface area contributed by atoms with Crippen LogP contribution in [0.15, 0.2) is 0 Å². The molecule has 0 aromatic carbocycles. The van der Waals surface area contributed by atoms with E-state index in [1.807, 2.05) is 7.11 Å². The first-order chi connectivity index (χ1) is 7.03. The Morgan fingerprint density at radius 2 is 1.93 bits per heavy atom. The molecule has 0 N–H and O–H groups in total. The van der Waals surface area contributed by atoms with Crippen molar-refractivity contribution in [1.82, 2.24) is 4.90 Å². The van der Waals surface area contributed by atoms with Gasteiger partial charge in [-0.1, -0.05) is 20.8 Å². The van der Waals surface area contributed by atoms with E-state index in [1.54, 1.807) is 0 Å². The molecule has 0 radical (unpaired) electrons. The minimum Gasteiger partial charge on any atom is -0.381 e. The zero-order valence-corrected chi connectivity index (χ0v) is 10.6. The van der Waals surface area contributed by atoms with Crippen LogP contribution in [0.2, 0.25) is 0 Å². The molecule has 1 saturated carbocycles. The Balaban J connectivity index is 1.86. The molecular formula is C13H25NO. The quantitative estimate of drug-likeness (QED) is 0.696. The van der Waals surface area contributed by atoms with Crippen molar-refractivity contribution in [1.29, 1.82) is 0 Å². The number of likely N-dealkylation sites (tertiary alicyclic amines) is 1. The Kier molecular flexibility index (Phi) is 3.09. The number of rotatable bonds is 2. The molecule has 0 aromatic heterocycles. The van der Waals surface area contributed by atoms with Gasteiger partial charge in [0.05, 0.1) is 6.10 Å². The molecule has 2 heteroatoms. The van der Waals surface area contributed by atoms with E-state index in [4.69, 9.17) is 4.74 Å². The molecule has 1 aliphatic heterocycles. The summed E-state index contributed by atoms with van der Waals surface area (Å²) in [6.07, 6.45) is 4.40. The molecule has 0 amide bonds. The van der Waals surface area contributed by atoms with Crippen LogP contribution >= 0.6 is 0 Å². The van der Waals surface area contributed by atoms with E-state index in [0.717, 1.165) is 12.0 Å². The highest BCUT2D eigenvalue weighted by Gasteiger charge is 2.40. The minimum atomic E-state index is 0.496. The van der Waals surface area contributed by atoms with Crippen molar-refractivity contribution in [3.05, 3.63) is 0 Å². The lowest BCUT2D eigenvalue weighted by Gasteiger charge is -2.50. The number of hydrogen-bond acceptors (Lipinski definition) is 2. The molecule has 2 fully saturated rings. The van der Waals surface area contributed by atoms with Crippen LogP contribution in [-0.4, -0.2) is 37.2 Å². The normalized spacial score (nSPS) is 41.2. The van der Waals surface area contributed by atoms with E-state index >= 15 is 0 Å². The SMILES string of the molecule is COC1CC(N2CC[C@H](C)C(C)(C)C2)C1. The van der Waals surface area contributed by atoms with Gasteiger partial charge in [-0.25, -0.2) is 0 Å². The topological polar surface area (TPSA) is 12.5 Å². The second-order valence-corrected chi connectivity index (χ2v) is 6.13. The third kappa shape index (κ3) is 2.21. The summed E-state index contributed by atoms with van der Waals surface area (Å²) >= 11 is 0. The first-order valence-electron chi connectivity index (χ1n) is 6.30. The van der Waals surface area contributed by atoms with Crippen molar-refractivity contribution in [2.45, 2.75) is 52.2 Å². The fourth-order valence-electron chi connectivity index (χ4n) is 2.85. The number of nitrogens with zero attached hydrogens (tertiary/aromatic N) is 1. The summed E-state index contributed by atoms with van der Waals surface area (Å²) < 4.78 is 5.35. The van der Waals surface area contributed by atoms with E-state index < -0.39 is 0 Å². The number of ether oxygens (including phenoxy) is 1. The Bertz CT molecular complexity index is 221. The molecule has 1 saturated heterocycles. The Morgan fingerprint density at radius 3 is 2.47 bits per heavy atom. The molecule has 2 nitrogen and oxygen atoms in total. The van der Waals surface area contributed by atoms with Gasteiger partial charge in [0.1, 0.15) is 0 Å². The molecule has 1 heterocycles. The number of methoxy groups -OCH3 is 1. The lowest BCUT2D eigenvalue weighted by atomic mass is 9.73. The van der Waals surface area contributed by atoms with Crippen LogP contribution < -0.4 is 0 Å². The van der Waals surface area contributed by atoms with Crippen LogP contribution in [0.1, 0.15) is 40.0 Å². The predicted octanol–water partition coefficient (Wildman–Crippen LogP) is 2.53. The Hall–Kier alpha value is -0.0800. The molecule has 0 aromatic rings. The van der Waals surface area contributed by atoms with Gasteiger partial charge in [0.25, 0.3) is 0 Å². The van der Waals surface area contributed by atoms with Crippen LogP contribution in [-0.2, 0) is 4.74 Å². The molecule has 15 heavy (non-hydrogen) atoms. The monoisotopic (exact) mass is 211 g/mol. The van der Waals surface area contributed by atoms with Gasteiger partial charge in [-0.3, -0.25) is 4.90 Å². The van der Waals surface area contributed by atoms with E-state index in [0.29, 0.717) is 11.5 Å². The summed E-state index contributed by atoms with van der Waals surface area (Å²) in [4.78, 5) is 2.69. The molecular weight excluding hydrogens is 186 g/mol. The van der Waals surface area contributed by atoms with Gasteiger partial charge in [0, 0.05) is 19.7 Å². The van der Waals surface area contributed by atoms with Crippen molar-refractivity contribution < 1.29 is 4.74 Å². The van der Waals surface area contributed by atoms with Crippen molar-refractivity contribution in [3.63, 3.8) is 0 Å². The van der Waals surface area contributed by atoms with Crippen molar-refractivity contribution >= 4 is 0 Å². The second kappa shape index (κ2) is 4.06. The first-order valence-corrected chi connectivity index (χ1v) is 6.30. The fraction of sp³-hybridized carbons (Fsp3) is 1.00. The number of piperidine rings is 1. The fourth-order valence-corrected chi connectivity index (χ4v) is 2.85. The number of hydrogen-bond donors (Lipinski definition) is 0. The molecule has 2 rings (SSSR count). The third-order valence-electron chi connectivity index (χ3n) is 4.71. The van der Waals surface area contributed by atoms with Gasteiger partial charge in [0.2, 0.25) is 0 Å². The first kappa shape index (κ1) is 11.4. The average molecular weight is 211 g/mol. The second-order valence-electron chi connectivity index (χ2n) is 6.13. The molecule has 1 atom stereocenters. The summed E-state index contributed by atoms with van der Waals surface area (Å²) in [5, 5.41) is 0. The highest BCUT2D eigenvalue weighted by atomic mass is 16.5. The molecule has 0 bridgehead atoms. The molecule has 0 unspecified atom stereocenters. The maximum absolute atomic E-state index is 5.35. The van der Waals surface area contributed by atoms with Gasteiger partial charge in [-0.15, -0.1) is 0 Å². The van der Waals surface area contributed by atoms with Crippen LogP contribution in [0.3, 0.4) is 0 Å². The molecule has 88 valence electrons. The largest absolute Gasteiger partial charge is 0.381 e. The van der Waals surface area contributed by atoms with Gasteiger partial charge < -0.3 is 4.74 Å². The van der Waals surface area contributed by atoms with Crippen LogP contribution in [0, 0.1) is 11.3 Å². The summed E-state index contributed by atoms with van der Waals surface area (Å²) in [5.41, 5.74) is 0.496. The summed E-state index contributed by atoms with van der Waals surface area (Å²) in [5.74, 6) is 0.868. The Labute approximate surface area is 94.0 Å². The van der Waals surface area contributed by atoms with Crippen LogP contribution in [0.4, 0.5) is 0 Å². The van der Waals surface area contributed by atoms with Crippen molar-refractivity contribution in [2.24, 2.45) is 11.3 Å². The smallest absolute Gasteiger partial charge is 0.0601 e. The molecule has 0 spiro atoms. The van der Waals surface area contributed by atoms with Crippen LogP contribution in [0.25, 0.3) is 0 Å². The van der Waals surface area contributed by atoms with Gasteiger partial charge >= 0.3 is 0 Å². The summed E-state index contributed by atoms with van der Waals surface area (Å²) in [7, 11) is 1.84. The maximum Gasteiger partial charge on any atom is 0.0601 e. The van der Waals surface area contributed by atoms with Gasteiger partial charge in [-0.05, 0) is 37.1 Å². The van der Waals surface area contributed by atoms with Crippen molar-refractivity contribution in [2.75, 3.05) is 20.2 Å². The highest BCUT2D eigenvalue weighted by Crippen LogP contribution is 2.38. The predicted molar refractivity (Wildman–Crippen MR) is 63.0 cm³/mol. The van der Waals surface area contributed by atoms with E-state index in [-0.39, 0.29) is 0 Å². The lowest BCUT2D eigenvalue weighted by molar-refractivity contribution is -0.0582. The third-order valence-corrected chi connectivity index (χ3v) is 4.71. The standard InChI is InChI=1S/C13H25NO/c1-10-5-6-14(9-13(10,2)3)11-7-12(8-11)15-4/h10-12H,5-9H2,1-4H3/t10-,11?,12?/m0/s1. The lowest BCUT2D eigenvalue weighted by Crippen LogP contribution is -2.54. The molecule has 1 aliphatic carbocycles. The van der Waals surface area contributed by atoms with E-state index in [1.165, 1.54) is 32.4 Å². The Morgan fingerprint density at radius 1 is 1.27 bits per heavy atom. The highest BCUT2D eigenvalue weighted by molar-refractivity contribution is 4.93. The minimum absolute atomic E-state index is 0.496. The van der Waals surface area contributed by atoms with E-state index in [2.05, 4.69) is 25.7 Å². The average Bonchev–Trinajstić information content (AvgIpc) is 2.09. The molecule has 2 aliphatic rings. The summed E-state index contributed by atoms with van der Waals surface area (Å²) in [6, 6.07) is 0.807. The van der Waals surface area contributed by atoms with Gasteiger partial charge in [-0.2, -0.15) is 0 Å². The van der Waals surface area contributed by atoms with Gasteiger partial charge in [0.15, 0.2) is 0 Å². The maximum atomic E-state index is 5.35. The zero-order chi connectivity index (χ0) is 11.1. The zero-order valence-electron chi connectivity index (χ0n) is 10.6. The van der Waals surface area contributed by atoms with Crippen LogP contribution in [0.5, 0.6) is 0 Å².